The molecule has 0 fully saturated rings. The van der Waals surface area contributed by atoms with Crippen LogP contribution in [0.3, 0.4) is 0 Å². The third-order valence-electron chi connectivity index (χ3n) is 2.52. The zero-order valence-electron chi connectivity index (χ0n) is 9.15. The number of carbonyl (C=O) groups excluding carboxylic acids is 1. The van der Waals surface area contributed by atoms with Crippen molar-refractivity contribution in [3.05, 3.63) is 35.5 Å². The monoisotopic (exact) mass is 219 g/mol. The molecule has 0 saturated carbocycles. The van der Waals surface area contributed by atoms with Gasteiger partial charge >= 0.3 is 5.97 Å². The molecule has 1 unspecified atom stereocenters. The lowest BCUT2D eigenvalue weighted by Crippen LogP contribution is -2.13. The highest BCUT2D eigenvalue weighted by atomic mass is 16.5. The summed E-state index contributed by atoms with van der Waals surface area (Å²) in [5, 5.41) is 10.6. The third kappa shape index (κ3) is 1.79. The number of benzene rings is 1. The summed E-state index contributed by atoms with van der Waals surface area (Å²) < 4.78 is 4.48. The van der Waals surface area contributed by atoms with E-state index in [0.717, 1.165) is 16.5 Å². The summed E-state index contributed by atoms with van der Waals surface area (Å²) in [5.74, 6) is -0.664. The van der Waals surface area contributed by atoms with Crippen molar-refractivity contribution in [2.45, 2.75) is 13.0 Å². The van der Waals surface area contributed by atoms with Gasteiger partial charge in [-0.3, -0.25) is 0 Å². The average molecular weight is 219 g/mol. The number of carbonyl (C=O) groups is 1. The van der Waals surface area contributed by atoms with Crippen molar-refractivity contribution in [1.29, 1.82) is 0 Å². The van der Waals surface area contributed by atoms with Crippen LogP contribution < -0.4 is 0 Å². The Bertz CT molecular complexity index is 530. The number of fused-ring (bicyclic) bond motifs is 1. The number of hydrogen-bond acceptors (Lipinski definition) is 3. The summed E-state index contributed by atoms with van der Waals surface area (Å²) in [6.45, 7) is 1.99. The van der Waals surface area contributed by atoms with Crippen LogP contribution in [0, 0.1) is 6.92 Å². The van der Waals surface area contributed by atoms with Crippen LogP contribution in [0.4, 0.5) is 0 Å². The maximum atomic E-state index is 11.2. The van der Waals surface area contributed by atoms with E-state index in [1.807, 2.05) is 25.1 Å². The SMILES string of the molecule is COC(=O)C(O)c1cc2cc(C)ccc2[nH]1. The molecule has 1 aromatic carbocycles. The van der Waals surface area contributed by atoms with E-state index in [1.165, 1.54) is 7.11 Å². The summed E-state index contributed by atoms with van der Waals surface area (Å²) in [5.41, 5.74) is 2.47. The van der Waals surface area contributed by atoms with Gasteiger partial charge in [-0.1, -0.05) is 11.6 Å². The molecular formula is C12H13NO3. The summed E-state index contributed by atoms with van der Waals surface area (Å²) in [7, 11) is 1.25. The maximum Gasteiger partial charge on any atom is 0.340 e. The number of aromatic amines is 1. The van der Waals surface area contributed by atoms with Crippen LogP contribution in [0.25, 0.3) is 10.9 Å². The number of ether oxygens (including phenoxy) is 1. The number of aryl methyl sites for hydroxylation is 1. The lowest BCUT2D eigenvalue weighted by molar-refractivity contribution is -0.150. The molecule has 0 saturated heterocycles. The second-order valence-corrected chi connectivity index (χ2v) is 3.74. The molecule has 0 aliphatic carbocycles. The molecule has 2 aromatic rings. The Kier molecular flexibility index (Phi) is 2.66. The minimum absolute atomic E-state index is 0.451. The fourth-order valence-corrected chi connectivity index (χ4v) is 1.66. The van der Waals surface area contributed by atoms with Gasteiger partial charge in [-0.15, -0.1) is 0 Å². The average Bonchev–Trinajstić information content (AvgIpc) is 2.69. The van der Waals surface area contributed by atoms with Gasteiger partial charge in [-0.25, -0.2) is 4.79 Å². The van der Waals surface area contributed by atoms with Gasteiger partial charge in [-0.2, -0.15) is 0 Å². The van der Waals surface area contributed by atoms with Crippen LogP contribution in [0.5, 0.6) is 0 Å². The Hall–Kier alpha value is -1.81. The van der Waals surface area contributed by atoms with Gasteiger partial charge in [-0.05, 0) is 25.1 Å². The van der Waals surface area contributed by atoms with Gasteiger partial charge in [0.05, 0.1) is 12.8 Å². The number of hydrogen-bond donors (Lipinski definition) is 2. The topological polar surface area (TPSA) is 62.3 Å². The van der Waals surface area contributed by atoms with E-state index in [2.05, 4.69) is 9.72 Å². The Morgan fingerprint density at radius 2 is 2.19 bits per heavy atom. The van der Waals surface area contributed by atoms with Gasteiger partial charge in [0, 0.05) is 10.9 Å². The number of aromatic nitrogens is 1. The lowest BCUT2D eigenvalue weighted by atomic mass is 10.2. The van der Waals surface area contributed by atoms with Crippen molar-refractivity contribution in [1.82, 2.24) is 4.98 Å². The van der Waals surface area contributed by atoms with E-state index in [4.69, 9.17) is 0 Å². The molecule has 84 valence electrons. The zero-order chi connectivity index (χ0) is 11.7. The number of esters is 1. The number of nitrogens with one attached hydrogen (secondary N) is 1. The van der Waals surface area contributed by atoms with Gasteiger partial charge in [0.25, 0.3) is 0 Å². The highest BCUT2D eigenvalue weighted by Crippen LogP contribution is 2.21. The summed E-state index contributed by atoms with van der Waals surface area (Å²) in [6, 6.07) is 7.62. The Labute approximate surface area is 92.9 Å². The number of aliphatic hydroxyl groups is 1. The molecule has 0 bridgehead atoms. The summed E-state index contributed by atoms with van der Waals surface area (Å²) in [6.07, 6.45) is -1.25. The molecular weight excluding hydrogens is 206 g/mol. The number of H-pyrrole nitrogens is 1. The van der Waals surface area contributed by atoms with Crippen molar-refractivity contribution in [2.24, 2.45) is 0 Å². The van der Waals surface area contributed by atoms with E-state index >= 15 is 0 Å². The largest absolute Gasteiger partial charge is 0.467 e. The molecule has 0 aliphatic heterocycles. The van der Waals surface area contributed by atoms with Crippen molar-refractivity contribution < 1.29 is 14.6 Å². The van der Waals surface area contributed by atoms with Gasteiger partial charge in [0.1, 0.15) is 0 Å². The lowest BCUT2D eigenvalue weighted by Gasteiger charge is -2.04. The van der Waals surface area contributed by atoms with E-state index in [0.29, 0.717) is 5.69 Å². The highest BCUT2D eigenvalue weighted by Gasteiger charge is 2.19. The van der Waals surface area contributed by atoms with Crippen molar-refractivity contribution >= 4 is 16.9 Å². The molecule has 4 heteroatoms. The molecule has 16 heavy (non-hydrogen) atoms. The first-order valence-corrected chi connectivity index (χ1v) is 4.97. The molecule has 1 aromatic heterocycles. The minimum Gasteiger partial charge on any atom is -0.467 e. The second-order valence-electron chi connectivity index (χ2n) is 3.74. The molecule has 0 radical (unpaired) electrons. The summed E-state index contributed by atoms with van der Waals surface area (Å²) in [4.78, 5) is 14.2. The molecule has 0 spiro atoms. The predicted molar refractivity (Wildman–Crippen MR) is 60.0 cm³/mol. The van der Waals surface area contributed by atoms with Crippen LogP contribution >= 0.6 is 0 Å². The van der Waals surface area contributed by atoms with E-state index in [9.17, 15) is 9.90 Å². The Morgan fingerprint density at radius 3 is 2.88 bits per heavy atom. The van der Waals surface area contributed by atoms with Gasteiger partial charge < -0.3 is 14.8 Å². The second kappa shape index (κ2) is 3.98. The smallest absolute Gasteiger partial charge is 0.340 e. The number of rotatable bonds is 2. The molecule has 4 nitrogen and oxygen atoms in total. The first kappa shape index (κ1) is 10.7. The van der Waals surface area contributed by atoms with Crippen LogP contribution in [0.2, 0.25) is 0 Å². The van der Waals surface area contributed by atoms with Crippen LogP contribution in [0.15, 0.2) is 24.3 Å². The van der Waals surface area contributed by atoms with Crippen molar-refractivity contribution in [3.63, 3.8) is 0 Å². The van der Waals surface area contributed by atoms with Gasteiger partial charge in [0.2, 0.25) is 0 Å². The zero-order valence-corrected chi connectivity index (χ0v) is 9.15. The fraction of sp³-hybridized carbons (Fsp3) is 0.250. The third-order valence-corrected chi connectivity index (χ3v) is 2.52. The molecule has 1 atom stereocenters. The quantitative estimate of drug-likeness (QED) is 0.755. The van der Waals surface area contributed by atoms with Gasteiger partial charge in [0.15, 0.2) is 6.10 Å². The van der Waals surface area contributed by atoms with E-state index in [-0.39, 0.29) is 0 Å². The number of aliphatic hydroxyl groups excluding tert-OH is 1. The normalized spacial score (nSPS) is 12.7. The Morgan fingerprint density at radius 1 is 1.44 bits per heavy atom. The predicted octanol–water partition coefficient (Wildman–Crippen LogP) is 1.68. The van der Waals surface area contributed by atoms with Crippen LogP contribution in [-0.2, 0) is 9.53 Å². The van der Waals surface area contributed by atoms with Crippen molar-refractivity contribution in [3.8, 4) is 0 Å². The molecule has 0 amide bonds. The standard InChI is InChI=1S/C12H13NO3/c1-7-3-4-9-8(5-7)6-10(13-9)11(14)12(15)16-2/h3-6,11,13-14H,1-2H3. The molecule has 0 aliphatic rings. The number of methoxy groups -OCH3 is 1. The van der Waals surface area contributed by atoms with E-state index < -0.39 is 12.1 Å². The van der Waals surface area contributed by atoms with Crippen molar-refractivity contribution in [2.75, 3.05) is 7.11 Å². The van der Waals surface area contributed by atoms with E-state index in [1.54, 1.807) is 6.07 Å². The first-order chi connectivity index (χ1) is 7.61. The molecule has 2 N–H and O–H groups in total. The fourth-order valence-electron chi connectivity index (χ4n) is 1.66. The molecule has 1 heterocycles. The first-order valence-electron chi connectivity index (χ1n) is 4.97. The minimum atomic E-state index is -1.25. The maximum absolute atomic E-state index is 11.2. The highest BCUT2D eigenvalue weighted by molar-refractivity contribution is 5.84. The van der Waals surface area contributed by atoms with Crippen LogP contribution in [0.1, 0.15) is 17.4 Å². The molecule has 2 rings (SSSR count). The summed E-state index contributed by atoms with van der Waals surface area (Å²) >= 11 is 0. The van der Waals surface area contributed by atoms with Crippen LogP contribution in [-0.4, -0.2) is 23.2 Å². The Balaban J connectivity index is 2.43.